The van der Waals surface area contributed by atoms with Gasteiger partial charge in [0.25, 0.3) is 0 Å². The summed E-state index contributed by atoms with van der Waals surface area (Å²) in [5, 5.41) is 10.5. The minimum atomic E-state index is -0.378. The van der Waals surface area contributed by atoms with Crippen molar-refractivity contribution in [3.63, 3.8) is 0 Å². The predicted molar refractivity (Wildman–Crippen MR) is 52.1 cm³/mol. The van der Waals surface area contributed by atoms with Crippen LogP contribution in [0, 0.1) is 5.82 Å². The molecule has 2 rings (SSSR count). The number of benzene rings is 1. The molecule has 68 valence electrons. The molecule has 1 heterocycles. The Morgan fingerprint density at radius 2 is 2.23 bits per heavy atom. The van der Waals surface area contributed by atoms with Gasteiger partial charge in [0.05, 0.1) is 11.6 Å². The van der Waals surface area contributed by atoms with E-state index in [1.54, 1.807) is 12.1 Å². The van der Waals surface area contributed by atoms with Crippen LogP contribution in [0.2, 0.25) is 0 Å². The molecule has 0 atom stereocenters. The molecule has 0 saturated heterocycles. The number of aliphatic hydroxyl groups is 1. The SMILES string of the molecule is Nc1cc2ccc(F)c(CO)c2s1. The van der Waals surface area contributed by atoms with Gasteiger partial charge in [-0.3, -0.25) is 0 Å². The first-order valence-electron chi connectivity index (χ1n) is 3.79. The fourth-order valence-corrected chi connectivity index (χ4v) is 2.26. The number of thiophene rings is 1. The number of rotatable bonds is 1. The third kappa shape index (κ3) is 1.28. The van der Waals surface area contributed by atoms with E-state index >= 15 is 0 Å². The van der Waals surface area contributed by atoms with E-state index in [1.807, 2.05) is 0 Å². The lowest BCUT2D eigenvalue weighted by Gasteiger charge is -1.99. The standard InChI is InChI=1S/C9H8FNOS/c10-7-2-1-5-3-8(11)13-9(5)6(7)4-12/h1-3,12H,4,11H2. The zero-order valence-electron chi connectivity index (χ0n) is 6.75. The minimum absolute atomic E-state index is 0.289. The molecule has 0 aliphatic rings. The van der Waals surface area contributed by atoms with Crippen molar-refractivity contribution < 1.29 is 9.50 Å². The summed E-state index contributed by atoms with van der Waals surface area (Å²) in [4.78, 5) is 0. The van der Waals surface area contributed by atoms with Crippen LogP contribution in [-0.4, -0.2) is 5.11 Å². The molecule has 2 nitrogen and oxygen atoms in total. The van der Waals surface area contributed by atoms with E-state index in [0.29, 0.717) is 10.6 Å². The lowest BCUT2D eigenvalue weighted by Crippen LogP contribution is -1.88. The zero-order chi connectivity index (χ0) is 9.42. The van der Waals surface area contributed by atoms with Crippen molar-refractivity contribution in [2.24, 2.45) is 0 Å². The molecule has 0 bridgehead atoms. The van der Waals surface area contributed by atoms with Gasteiger partial charge in [-0.15, -0.1) is 11.3 Å². The molecule has 0 unspecified atom stereocenters. The second-order valence-corrected chi connectivity index (χ2v) is 3.83. The second-order valence-electron chi connectivity index (χ2n) is 2.75. The Labute approximate surface area is 78.4 Å². The van der Waals surface area contributed by atoms with Crippen LogP contribution in [0.15, 0.2) is 18.2 Å². The molecule has 0 aliphatic carbocycles. The number of hydrogen-bond donors (Lipinski definition) is 2. The van der Waals surface area contributed by atoms with Gasteiger partial charge in [-0.1, -0.05) is 6.07 Å². The van der Waals surface area contributed by atoms with Crippen molar-refractivity contribution in [3.8, 4) is 0 Å². The lowest BCUT2D eigenvalue weighted by atomic mass is 10.1. The van der Waals surface area contributed by atoms with E-state index in [-0.39, 0.29) is 12.4 Å². The molecule has 0 radical (unpaired) electrons. The Morgan fingerprint density at radius 3 is 2.92 bits per heavy atom. The normalized spacial score (nSPS) is 10.9. The molecule has 0 spiro atoms. The molecule has 1 aromatic carbocycles. The number of nitrogen functional groups attached to an aromatic ring is 1. The van der Waals surface area contributed by atoms with Crippen molar-refractivity contribution in [1.29, 1.82) is 0 Å². The summed E-state index contributed by atoms with van der Waals surface area (Å²) >= 11 is 1.30. The van der Waals surface area contributed by atoms with Crippen LogP contribution in [0.3, 0.4) is 0 Å². The van der Waals surface area contributed by atoms with E-state index < -0.39 is 0 Å². The first-order chi connectivity index (χ1) is 6.22. The smallest absolute Gasteiger partial charge is 0.130 e. The van der Waals surface area contributed by atoms with Crippen LogP contribution in [0.1, 0.15) is 5.56 Å². The summed E-state index contributed by atoms with van der Waals surface area (Å²) in [6.45, 7) is -0.289. The summed E-state index contributed by atoms with van der Waals surface area (Å²) in [5.74, 6) is -0.378. The highest BCUT2D eigenvalue weighted by molar-refractivity contribution is 7.22. The largest absolute Gasteiger partial charge is 0.392 e. The molecule has 0 saturated carbocycles. The van der Waals surface area contributed by atoms with E-state index in [0.717, 1.165) is 10.1 Å². The molecular weight excluding hydrogens is 189 g/mol. The Bertz CT molecular complexity index is 452. The average Bonchev–Trinajstić information content (AvgIpc) is 2.45. The monoisotopic (exact) mass is 197 g/mol. The van der Waals surface area contributed by atoms with E-state index in [2.05, 4.69) is 0 Å². The molecule has 0 aliphatic heterocycles. The Hall–Kier alpha value is -1.13. The van der Waals surface area contributed by atoms with Crippen LogP contribution in [0.5, 0.6) is 0 Å². The predicted octanol–water partition coefficient (Wildman–Crippen LogP) is 2.11. The van der Waals surface area contributed by atoms with Crippen LogP contribution in [0.25, 0.3) is 10.1 Å². The first-order valence-corrected chi connectivity index (χ1v) is 4.61. The highest BCUT2D eigenvalue weighted by atomic mass is 32.1. The Morgan fingerprint density at radius 1 is 1.46 bits per heavy atom. The second kappa shape index (κ2) is 2.97. The van der Waals surface area contributed by atoms with Crippen molar-refractivity contribution in [2.45, 2.75) is 6.61 Å². The summed E-state index contributed by atoms with van der Waals surface area (Å²) < 4.78 is 13.9. The highest BCUT2D eigenvalue weighted by Gasteiger charge is 2.08. The quantitative estimate of drug-likeness (QED) is 0.735. The van der Waals surface area contributed by atoms with E-state index in [9.17, 15) is 4.39 Å². The van der Waals surface area contributed by atoms with Gasteiger partial charge in [-0.25, -0.2) is 4.39 Å². The summed E-state index contributed by atoms with van der Waals surface area (Å²) in [7, 11) is 0. The molecule has 2 aromatic rings. The molecule has 13 heavy (non-hydrogen) atoms. The van der Waals surface area contributed by atoms with Gasteiger partial charge < -0.3 is 10.8 Å². The maximum Gasteiger partial charge on any atom is 0.130 e. The Kier molecular flexibility index (Phi) is 1.94. The number of aliphatic hydroxyl groups excluding tert-OH is 1. The molecule has 4 heteroatoms. The fourth-order valence-electron chi connectivity index (χ4n) is 1.30. The van der Waals surface area contributed by atoms with Crippen LogP contribution in [-0.2, 0) is 6.61 Å². The lowest BCUT2D eigenvalue weighted by molar-refractivity contribution is 0.277. The Balaban J connectivity index is 2.82. The van der Waals surface area contributed by atoms with Gasteiger partial charge in [0.2, 0.25) is 0 Å². The molecule has 3 N–H and O–H groups in total. The van der Waals surface area contributed by atoms with Crippen LogP contribution < -0.4 is 5.73 Å². The number of hydrogen-bond acceptors (Lipinski definition) is 3. The number of fused-ring (bicyclic) bond motifs is 1. The van der Waals surface area contributed by atoms with Gasteiger partial charge in [0, 0.05) is 10.3 Å². The van der Waals surface area contributed by atoms with Crippen LogP contribution in [0.4, 0.5) is 9.39 Å². The number of anilines is 1. The maximum atomic E-state index is 13.1. The molecule has 0 fully saturated rings. The van der Waals surface area contributed by atoms with E-state index in [4.69, 9.17) is 10.8 Å². The molecule has 0 amide bonds. The van der Waals surface area contributed by atoms with Crippen molar-refractivity contribution in [1.82, 2.24) is 0 Å². The third-order valence-corrected chi connectivity index (χ3v) is 2.95. The minimum Gasteiger partial charge on any atom is -0.392 e. The third-order valence-electron chi connectivity index (χ3n) is 1.91. The van der Waals surface area contributed by atoms with Gasteiger partial charge in [-0.05, 0) is 17.5 Å². The first kappa shape index (κ1) is 8.47. The number of halogens is 1. The van der Waals surface area contributed by atoms with Gasteiger partial charge >= 0.3 is 0 Å². The maximum absolute atomic E-state index is 13.1. The van der Waals surface area contributed by atoms with E-state index in [1.165, 1.54) is 17.4 Å². The molecule has 1 aromatic heterocycles. The summed E-state index contributed by atoms with van der Waals surface area (Å²) in [5.41, 5.74) is 5.91. The topological polar surface area (TPSA) is 46.2 Å². The highest BCUT2D eigenvalue weighted by Crippen LogP contribution is 2.31. The zero-order valence-corrected chi connectivity index (χ0v) is 7.57. The molecular formula is C9H8FNOS. The van der Waals surface area contributed by atoms with Crippen molar-refractivity contribution >= 4 is 26.4 Å². The summed E-state index contributed by atoms with van der Waals surface area (Å²) in [6, 6.07) is 4.79. The van der Waals surface area contributed by atoms with Gasteiger partial charge in [0.15, 0.2) is 0 Å². The number of nitrogens with two attached hydrogens (primary N) is 1. The van der Waals surface area contributed by atoms with Gasteiger partial charge in [-0.2, -0.15) is 0 Å². The van der Waals surface area contributed by atoms with Crippen molar-refractivity contribution in [2.75, 3.05) is 5.73 Å². The fraction of sp³-hybridized carbons (Fsp3) is 0.111. The average molecular weight is 197 g/mol. The van der Waals surface area contributed by atoms with Crippen LogP contribution >= 0.6 is 11.3 Å². The summed E-state index contributed by atoms with van der Waals surface area (Å²) in [6.07, 6.45) is 0. The van der Waals surface area contributed by atoms with Crippen molar-refractivity contribution in [3.05, 3.63) is 29.6 Å². The van der Waals surface area contributed by atoms with Gasteiger partial charge in [0.1, 0.15) is 5.82 Å².